The zero-order valence-electron chi connectivity index (χ0n) is 24.4. The fourth-order valence-corrected chi connectivity index (χ4v) is 6.82. The Hall–Kier alpha value is -4.62. The molecule has 3 aromatic carbocycles. The van der Waals surface area contributed by atoms with E-state index in [2.05, 4.69) is 75.3 Å². The number of likely N-dealkylation sites (tertiary alicyclic amines) is 1. The van der Waals surface area contributed by atoms with Crippen molar-refractivity contribution in [2.75, 3.05) is 31.6 Å². The summed E-state index contributed by atoms with van der Waals surface area (Å²) in [6.07, 6.45) is 8.24. The Balaban J connectivity index is 1.17. The number of nitrogens with one attached hydrogen (secondary N) is 1. The van der Waals surface area contributed by atoms with Crippen LogP contribution in [-0.2, 0) is 0 Å². The van der Waals surface area contributed by atoms with Gasteiger partial charge in [0.25, 0.3) is 0 Å². The number of nitrogens with zero attached hydrogens (tertiary/aromatic N) is 3. The second-order valence-electron chi connectivity index (χ2n) is 11.8. The minimum atomic E-state index is -0.994. The lowest BCUT2D eigenvalue weighted by molar-refractivity contribution is 0.0696. The summed E-state index contributed by atoms with van der Waals surface area (Å²) in [7, 11) is 2.22. The highest BCUT2D eigenvalue weighted by atomic mass is 16.5. The lowest BCUT2D eigenvalue weighted by Crippen LogP contribution is -2.30. The van der Waals surface area contributed by atoms with Crippen LogP contribution in [0.1, 0.15) is 59.1 Å². The monoisotopic (exact) mass is 572 g/mol. The molecule has 218 valence electrons. The number of aromatic carboxylic acids is 1. The van der Waals surface area contributed by atoms with Crippen LogP contribution < -0.4 is 9.64 Å². The quantitative estimate of drug-likeness (QED) is 0.207. The average Bonchev–Trinajstić information content (AvgIpc) is 3.72. The Morgan fingerprint density at radius 2 is 1.72 bits per heavy atom. The summed E-state index contributed by atoms with van der Waals surface area (Å²) in [5.41, 5.74) is 6.95. The SMILES string of the molecule is CN1CCC(c2ccccc2C2CCCN2c2ccc(-c3ccc(C(=O)O)cc3Oc3cnc4[nH]ccc4c3)cc2)CC1. The van der Waals surface area contributed by atoms with Crippen LogP contribution >= 0.6 is 0 Å². The van der Waals surface area contributed by atoms with Gasteiger partial charge in [-0.3, -0.25) is 0 Å². The predicted octanol–water partition coefficient (Wildman–Crippen LogP) is 7.87. The molecular formula is C36H36N4O3. The van der Waals surface area contributed by atoms with Crippen LogP contribution in [0.25, 0.3) is 22.2 Å². The smallest absolute Gasteiger partial charge is 0.335 e. The van der Waals surface area contributed by atoms with Crippen LogP contribution in [0, 0.1) is 0 Å². The van der Waals surface area contributed by atoms with Crippen LogP contribution in [0.15, 0.2) is 91.3 Å². The molecule has 2 fully saturated rings. The van der Waals surface area contributed by atoms with E-state index >= 15 is 0 Å². The van der Waals surface area contributed by atoms with Crippen molar-refractivity contribution in [2.45, 2.75) is 37.6 Å². The van der Waals surface area contributed by atoms with Crippen LogP contribution in [0.2, 0.25) is 0 Å². The van der Waals surface area contributed by atoms with Crippen molar-refractivity contribution < 1.29 is 14.6 Å². The van der Waals surface area contributed by atoms with Crippen molar-refractivity contribution in [3.63, 3.8) is 0 Å². The van der Waals surface area contributed by atoms with Crippen LogP contribution in [0.3, 0.4) is 0 Å². The van der Waals surface area contributed by atoms with E-state index in [0.717, 1.165) is 48.2 Å². The molecule has 1 atom stereocenters. The molecule has 2 aliphatic heterocycles. The van der Waals surface area contributed by atoms with Gasteiger partial charge in [-0.15, -0.1) is 0 Å². The molecule has 7 heteroatoms. The molecule has 2 aromatic heterocycles. The number of H-pyrrole nitrogens is 1. The van der Waals surface area contributed by atoms with Gasteiger partial charge in [-0.25, -0.2) is 9.78 Å². The zero-order valence-corrected chi connectivity index (χ0v) is 24.4. The van der Waals surface area contributed by atoms with E-state index in [0.29, 0.717) is 23.5 Å². The van der Waals surface area contributed by atoms with Crippen molar-refractivity contribution in [3.8, 4) is 22.6 Å². The molecule has 7 rings (SSSR count). The fourth-order valence-electron chi connectivity index (χ4n) is 6.82. The topological polar surface area (TPSA) is 81.7 Å². The summed E-state index contributed by atoms with van der Waals surface area (Å²) in [6, 6.07) is 26.9. The predicted molar refractivity (Wildman–Crippen MR) is 170 cm³/mol. The molecule has 0 aliphatic carbocycles. The maximum absolute atomic E-state index is 11.8. The van der Waals surface area contributed by atoms with Gasteiger partial charge >= 0.3 is 5.97 Å². The highest BCUT2D eigenvalue weighted by molar-refractivity contribution is 5.90. The van der Waals surface area contributed by atoms with E-state index in [1.54, 1.807) is 18.3 Å². The second kappa shape index (κ2) is 11.6. The Labute approximate surface area is 251 Å². The molecule has 1 unspecified atom stereocenters. The van der Waals surface area contributed by atoms with Gasteiger partial charge in [-0.2, -0.15) is 0 Å². The van der Waals surface area contributed by atoms with E-state index in [4.69, 9.17) is 4.74 Å². The lowest BCUT2D eigenvalue weighted by Gasteiger charge is -2.34. The number of hydrogen-bond acceptors (Lipinski definition) is 5. The lowest BCUT2D eigenvalue weighted by atomic mass is 9.84. The number of carboxylic acid groups (broad SMARTS) is 1. The number of benzene rings is 3. The molecule has 7 nitrogen and oxygen atoms in total. The number of aromatic amines is 1. The van der Waals surface area contributed by atoms with Crippen LogP contribution in [0.5, 0.6) is 11.5 Å². The number of carbonyl (C=O) groups is 1. The Kier molecular flexibility index (Phi) is 7.33. The van der Waals surface area contributed by atoms with Gasteiger partial charge in [-0.1, -0.05) is 36.4 Å². The number of rotatable bonds is 7. The van der Waals surface area contributed by atoms with Crippen molar-refractivity contribution >= 4 is 22.7 Å². The minimum Gasteiger partial charge on any atom is -0.478 e. The summed E-state index contributed by atoms with van der Waals surface area (Å²) in [4.78, 5) is 24.3. The Morgan fingerprint density at radius 3 is 2.51 bits per heavy atom. The molecule has 0 saturated carbocycles. The van der Waals surface area contributed by atoms with Gasteiger partial charge < -0.3 is 24.6 Å². The molecule has 5 aromatic rings. The van der Waals surface area contributed by atoms with Gasteiger partial charge in [0, 0.05) is 29.4 Å². The first-order valence-electron chi connectivity index (χ1n) is 15.2. The molecule has 4 heterocycles. The summed E-state index contributed by atoms with van der Waals surface area (Å²) < 4.78 is 6.26. The number of ether oxygens (including phenoxy) is 1. The summed E-state index contributed by atoms with van der Waals surface area (Å²) in [6.45, 7) is 3.35. The standard InChI is InChI=1S/C36H36N4O3/c1-39-19-15-25(16-20-39)30-5-2-3-6-32(30)33-7-4-18-40(33)28-11-8-24(9-12-28)31-13-10-27(36(41)42)22-34(31)43-29-21-26-14-17-37-35(26)38-23-29/h2-3,5-6,8-14,17,21-23,25,33H,4,7,15-16,18-20H2,1H3,(H,37,38)(H,41,42). The molecule has 0 spiro atoms. The molecule has 0 radical (unpaired) electrons. The van der Waals surface area contributed by atoms with E-state index in [1.807, 2.05) is 24.4 Å². The molecule has 2 aliphatic rings. The zero-order chi connectivity index (χ0) is 29.3. The second-order valence-corrected chi connectivity index (χ2v) is 11.8. The molecule has 0 amide bonds. The number of fused-ring (bicyclic) bond motifs is 1. The number of aromatic nitrogens is 2. The highest BCUT2D eigenvalue weighted by Gasteiger charge is 2.30. The maximum Gasteiger partial charge on any atom is 0.335 e. The van der Waals surface area contributed by atoms with E-state index in [1.165, 1.54) is 36.1 Å². The van der Waals surface area contributed by atoms with Gasteiger partial charge in [0.1, 0.15) is 17.1 Å². The number of anilines is 1. The summed E-state index contributed by atoms with van der Waals surface area (Å²) in [5.74, 6) is 0.662. The van der Waals surface area contributed by atoms with Gasteiger partial charge in [-0.05, 0) is 111 Å². The average molecular weight is 573 g/mol. The van der Waals surface area contributed by atoms with Gasteiger partial charge in [0.15, 0.2) is 0 Å². The first kappa shape index (κ1) is 27.2. The number of hydrogen-bond donors (Lipinski definition) is 2. The fraction of sp³-hybridized carbons (Fsp3) is 0.278. The largest absolute Gasteiger partial charge is 0.478 e. The normalized spacial score (nSPS) is 17.9. The van der Waals surface area contributed by atoms with Gasteiger partial charge in [0.2, 0.25) is 0 Å². The summed E-state index contributed by atoms with van der Waals surface area (Å²) in [5, 5.41) is 10.6. The van der Waals surface area contributed by atoms with Crippen molar-refractivity contribution in [3.05, 3.63) is 108 Å². The third-order valence-electron chi connectivity index (χ3n) is 9.11. The van der Waals surface area contributed by atoms with Crippen LogP contribution in [-0.4, -0.2) is 52.6 Å². The van der Waals surface area contributed by atoms with Crippen LogP contribution in [0.4, 0.5) is 5.69 Å². The van der Waals surface area contributed by atoms with E-state index in [9.17, 15) is 9.90 Å². The van der Waals surface area contributed by atoms with Crippen molar-refractivity contribution in [2.24, 2.45) is 0 Å². The molecule has 2 saturated heterocycles. The number of piperidine rings is 1. The highest BCUT2D eigenvalue weighted by Crippen LogP contribution is 2.42. The number of pyridine rings is 1. The third kappa shape index (κ3) is 5.48. The first-order valence-corrected chi connectivity index (χ1v) is 15.2. The van der Waals surface area contributed by atoms with Crippen molar-refractivity contribution in [1.29, 1.82) is 0 Å². The summed E-state index contributed by atoms with van der Waals surface area (Å²) >= 11 is 0. The van der Waals surface area contributed by atoms with E-state index < -0.39 is 5.97 Å². The molecule has 2 N–H and O–H groups in total. The Bertz CT molecular complexity index is 1750. The van der Waals surface area contributed by atoms with E-state index in [-0.39, 0.29) is 5.56 Å². The molecule has 0 bridgehead atoms. The third-order valence-corrected chi connectivity index (χ3v) is 9.11. The Morgan fingerprint density at radius 1 is 0.930 bits per heavy atom. The first-order chi connectivity index (χ1) is 21.0. The molecular weight excluding hydrogens is 536 g/mol. The minimum absolute atomic E-state index is 0.175. The number of carboxylic acids is 1. The maximum atomic E-state index is 11.8. The molecule has 43 heavy (non-hydrogen) atoms. The van der Waals surface area contributed by atoms with Crippen molar-refractivity contribution in [1.82, 2.24) is 14.9 Å². The van der Waals surface area contributed by atoms with Gasteiger partial charge in [0.05, 0.1) is 17.8 Å².